The van der Waals surface area contributed by atoms with Crippen LogP contribution in [0.5, 0.6) is 0 Å². The van der Waals surface area contributed by atoms with Crippen LogP contribution in [-0.4, -0.2) is 43.6 Å². The molecule has 5 aromatic rings. The zero-order valence-electron chi connectivity index (χ0n) is 26.5. The Morgan fingerprint density at radius 2 is 0.936 bits per heavy atom. The topological polar surface area (TPSA) is 55.4 Å². The lowest BCUT2D eigenvalue weighted by molar-refractivity contribution is -0.280. The van der Waals surface area contributed by atoms with Crippen LogP contribution in [0.3, 0.4) is 0 Å². The molecule has 0 radical (unpaired) electrons. The van der Waals surface area contributed by atoms with Crippen LogP contribution in [0.1, 0.15) is 34.7 Å². The summed E-state index contributed by atoms with van der Waals surface area (Å²) in [6.45, 7) is 2.86. The van der Waals surface area contributed by atoms with Gasteiger partial charge in [0.05, 0.1) is 19.8 Å². The molecule has 2 heterocycles. The highest BCUT2D eigenvalue weighted by molar-refractivity contribution is 5.47. The quantitative estimate of drug-likeness (QED) is 0.132. The Bertz CT molecular complexity index is 1560. The van der Waals surface area contributed by atoms with Crippen molar-refractivity contribution in [3.8, 4) is 0 Å². The van der Waals surface area contributed by atoms with Crippen molar-refractivity contribution >= 4 is 0 Å². The largest absolute Gasteiger partial charge is 0.368 e. The molecule has 0 N–H and O–H groups in total. The molecular formula is C41H40O6. The van der Waals surface area contributed by atoms with Crippen LogP contribution in [0, 0.1) is 0 Å². The van der Waals surface area contributed by atoms with E-state index in [-0.39, 0.29) is 6.61 Å². The van der Waals surface area contributed by atoms with Gasteiger partial charge in [-0.1, -0.05) is 152 Å². The van der Waals surface area contributed by atoms with Gasteiger partial charge in [0.1, 0.15) is 30.0 Å². The van der Waals surface area contributed by atoms with Crippen molar-refractivity contribution < 1.29 is 28.4 Å². The Morgan fingerprint density at radius 3 is 1.40 bits per heavy atom. The van der Waals surface area contributed by atoms with Gasteiger partial charge in [-0.15, -0.1) is 0 Å². The van der Waals surface area contributed by atoms with Crippen molar-refractivity contribution in [3.05, 3.63) is 179 Å². The molecule has 240 valence electrons. The van der Waals surface area contributed by atoms with Gasteiger partial charge in [-0.2, -0.15) is 0 Å². The zero-order valence-corrected chi connectivity index (χ0v) is 26.5. The normalized spacial score (nSPS) is 24.1. The molecule has 2 aliphatic heterocycles. The minimum absolute atomic E-state index is 0.199. The first-order chi connectivity index (χ1) is 23.2. The van der Waals surface area contributed by atoms with Crippen LogP contribution < -0.4 is 0 Å². The third-order valence-electron chi connectivity index (χ3n) is 8.84. The smallest absolute Gasteiger partial charge is 0.190 e. The molecule has 1 unspecified atom stereocenters. The second-order valence-electron chi connectivity index (χ2n) is 12.0. The first kappa shape index (κ1) is 31.5. The minimum atomic E-state index is -0.922. The summed E-state index contributed by atoms with van der Waals surface area (Å²) in [5, 5.41) is 0. The van der Waals surface area contributed by atoms with Gasteiger partial charge >= 0.3 is 0 Å². The van der Waals surface area contributed by atoms with Gasteiger partial charge in [0, 0.05) is 0 Å². The summed E-state index contributed by atoms with van der Waals surface area (Å²) in [5.41, 5.74) is 4.24. The molecule has 0 saturated carbocycles. The third-order valence-corrected chi connectivity index (χ3v) is 8.84. The van der Waals surface area contributed by atoms with Crippen LogP contribution in [0.15, 0.2) is 152 Å². The van der Waals surface area contributed by atoms with Crippen molar-refractivity contribution in [2.45, 2.75) is 62.7 Å². The second kappa shape index (κ2) is 14.7. The maximum absolute atomic E-state index is 7.24. The molecule has 5 aromatic carbocycles. The van der Waals surface area contributed by atoms with E-state index >= 15 is 0 Å². The summed E-state index contributed by atoms with van der Waals surface area (Å²) < 4.78 is 39.8. The lowest BCUT2D eigenvalue weighted by atomic mass is 9.80. The van der Waals surface area contributed by atoms with E-state index < -0.39 is 42.6 Å². The maximum atomic E-state index is 7.24. The average molecular weight is 629 g/mol. The van der Waals surface area contributed by atoms with Crippen LogP contribution in [0.2, 0.25) is 0 Å². The number of hydrogen-bond donors (Lipinski definition) is 0. The fourth-order valence-electron chi connectivity index (χ4n) is 6.61. The van der Waals surface area contributed by atoms with Crippen molar-refractivity contribution in [2.24, 2.45) is 0 Å². The molecular weight excluding hydrogens is 588 g/mol. The van der Waals surface area contributed by atoms with E-state index in [1.54, 1.807) is 0 Å². The average Bonchev–Trinajstić information content (AvgIpc) is 3.52. The molecule has 0 aliphatic carbocycles. The summed E-state index contributed by atoms with van der Waals surface area (Å²) in [6.07, 6.45) is -3.07. The molecule has 47 heavy (non-hydrogen) atoms. The Labute approximate surface area is 276 Å². The summed E-state index contributed by atoms with van der Waals surface area (Å²) in [7, 11) is 0. The fourth-order valence-corrected chi connectivity index (χ4v) is 6.61. The first-order valence-corrected chi connectivity index (χ1v) is 16.3. The van der Waals surface area contributed by atoms with Crippen LogP contribution >= 0.6 is 0 Å². The van der Waals surface area contributed by atoms with Crippen LogP contribution in [0.25, 0.3) is 0 Å². The predicted molar refractivity (Wildman–Crippen MR) is 179 cm³/mol. The fraction of sp³-hybridized carbons (Fsp3) is 0.268. The van der Waals surface area contributed by atoms with E-state index in [1.165, 1.54) is 0 Å². The third kappa shape index (κ3) is 6.94. The van der Waals surface area contributed by atoms with Gasteiger partial charge in [0.2, 0.25) is 0 Å². The van der Waals surface area contributed by atoms with Gasteiger partial charge < -0.3 is 28.4 Å². The van der Waals surface area contributed by atoms with Crippen molar-refractivity contribution in [1.29, 1.82) is 0 Å². The predicted octanol–water partition coefficient (Wildman–Crippen LogP) is 7.65. The van der Waals surface area contributed by atoms with Gasteiger partial charge in [-0.05, 0) is 34.7 Å². The van der Waals surface area contributed by atoms with Crippen molar-refractivity contribution in [2.75, 3.05) is 6.61 Å². The Hall–Kier alpha value is -4.14. The van der Waals surface area contributed by atoms with Gasteiger partial charge in [-0.3, -0.25) is 0 Å². The molecule has 0 amide bonds. The maximum Gasteiger partial charge on any atom is 0.190 e. The molecule has 0 bridgehead atoms. The lowest BCUT2D eigenvalue weighted by Gasteiger charge is -2.44. The molecule has 6 atom stereocenters. The van der Waals surface area contributed by atoms with E-state index in [2.05, 4.69) is 60.7 Å². The highest BCUT2D eigenvalue weighted by Gasteiger charge is 2.53. The monoisotopic (exact) mass is 628 g/mol. The Kier molecular flexibility index (Phi) is 9.87. The van der Waals surface area contributed by atoms with Crippen molar-refractivity contribution in [3.63, 3.8) is 0 Å². The van der Waals surface area contributed by atoms with E-state index in [4.69, 9.17) is 28.4 Å². The second-order valence-corrected chi connectivity index (χ2v) is 12.0. The highest BCUT2D eigenvalue weighted by Crippen LogP contribution is 2.42. The molecule has 2 aliphatic rings. The lowest BCUT2D eigenvalue weighted by Crippen LogP contribution is -2.60. The highest BCUT2D eigenvalue weighted by atomic mass is 16.8. The molecule has 6 nitrogen and oxygen atoms in total. The molecule has 0 spiro atoms. The van der Waals surface area contributed by atoms with Gasteiger partial charge in [0.15, 0.2) is 12.6 Å². The number of benzene rings is 5. The molecule has 7 rings (SSSR count). The summed E-state index contributed by atoms with van der Waals surface area (Å²) in [6, 6.07) is 51.3. The minimum Gasteiger partial charge on any atom is -0.368 e. The molecule has 0 aromatic heterocycles. The first-order valence-electron chi connectivity index (χ1n) is 16.3. The van der Waals surface area contributed by atoms with Crippen LogP contribution in [0.4, 0.5) is 0 Å². The molecule has 2 fully saturated rings. The SMILES string of the molecule is CC1O[C@H]2O[C@H](COC(c3ccccc3)(c3ccccc3)c3ccccc3)[C@@H](OCc3ccccc3)[C@H](OCc3ccccc3)[C@H]2O1. The summed E-state index contributed by atoms with van der Waals surface area (Å²) >= 11 is 0. The zero-order chi connectivity index (χ0) is 31.9. The van der Waals surface area contributed by atoms with Crippen molar-refractivity contribution in [1.82, 2.24) is 0 Å². The summed E-state index contributed by atoms with van der Waals surface area (Å²) in [4.78, 5) is 0. The van der Waals surface area contributed by atoms with E-state index in [0.29, 0.717) is 13.2 Å². The van der Waals surface area contributed by atoms with Gasteiger partial charge in [0.25, 0.3) is 0 Å². The van der Waals surface area contributed by atoms with E-state index in [1.807, 2.05) is 97.9 Å². The molecule has 6 heteroatoms. The van der Waals surface area contributed by atoms with Crippen LogP contribution in [-0.2, 0) is 47.2 Å². The number of fused-ring (bicyclic) bond motifs is 1. The Balaban J connectivity index is 1.26. The van der Waals surface area contributed by atoms with Gasteiger partial charge in [-0.25, -0.2) is 0 Å². The van der Waals surface area contributed by atoms with E-state index in [0.717, 1.165) is 27.8 Å². The number of hydrogen-bond acceptors (Lipinski definition) is 6. The number of rotatable bonds is 12. The number of ether oxygens (including phenoxy) is 6. The summed E-state index contributed by atoms with van der Waals surface area (Å²) in [5.74, 6) is 0. The molecule has 2 saturated heterocycles. The standard InChI is InChI=1S/C41H40O6/c1-30-45-39-38(43-28-32-19-9-3-10-20-32)37(42-27-31-17-7-2-8-18-31)36(47-40(39)46-30)29-44-41(33-21-11-4-12-22-33,34-23-13-5-14-24-34)35-25-15-6-16-26-35/h2-26,30,36-40H,27-29H2,1H3/t30?,36-,37-,38+,39-,40+/m1/s1. The Morgan fingerprint density at radius 1 is 0.511 bits per heavy atom. The van der Waals surface area contributed by atoms with E-state index in [9.17, 15) is 0 Å².